The highest BCUT2D eigenvalue weighted by Gasteiger charge is 2.21. The summed E-state index contributed by atoms with van der Waals surface area (Å²) in [4.78, 5) is 20.4. The summed E-state index contributed by atoms with van der Waals surface area (Å²) in [5, 5.41) is 4.35. The maximum Gasteiger partial charge on any atom is 0.250 e. The van der Waals surface area contributed by atoms with Crippen LogP contribution in [0.5, 0.6) is 0 Å². The Kier molecular flexibility index (Phi) is 3.23. The van der Waals surface area contributed by atoms with Gasteiger partial charge in [0.15, 0.2) is 5.78 Å². The number of Topliss-reactive ketones (excluding diaryl/α,β-unsaturated/α-hetero) is 1. The van der Waals surface area contributed by atoms with Gasteiger partial charge in [0.25, 0.3) is 5.95 Å². The van der Waals surface area contributed by atoms with Crippen LogP contribution >= 0.6 is 0 Å². The van der Waals surface area contributed by atoms with Crippen molar-refractivity contribution in [3.05, 3.63) is 35.4 Å². The van der Waals surface area contributed by atoms with Gasteiger partial charge in [-0.05, 0) is 19.9 Å². The normalized spacial score (nSPS) is 10.9. The van der Waals surface area contributed by atoms with Crippen LogP contribution in [-0.2, 0) is 0 Å². The van der Waals surface area contributed by atoms with Gasteiger partial charge in [-0.15, -0.1) is 0 Å². The highest BCUT2D eigenvalue weighted by molar-refractivity contribution is 5.99. The van der Waals surface area contributed by atoms with Crippen LogP contribution in [0, 0.1) is 19.8 Å². The molecule has 0 saturated carbocycles. The maximum absolute atomic E-state index is 12.1. The summed E-state index contributed by atoms with van der Waals surface area (Å²) in [6.45, 7) is 7.48. The van der Waals surface area contributed by atoms with Crippen LogP contribution < -0.4 is 0 Å². The van der Waals surface area contributed by atoms with Gasteiger partial charge >= 0.3 is 0 Å². The largest absolute Gasteiger partial charge is 0.294 e. The Bertz CT molecular complexity index is 572. The molecule has 2 rings (SSSR count). The fourth-order valence-corrected chi connectivity index (χ4v) is 1.88. The van der Waals surface area contributed by atoms with E-state index in [4.69, 9.17) is 0 Å². The third-order valence-corrected chi connectivity index (χ3v) is 2.80. The number of aromatic nitrogens is 4. The number of rotatable bonds is 3. The van der Waals surface area contributed by atoms with E-state index in [1.165, 1.54) is 0 Å². The molecule has 2 heterocycles. The molecule has 0 amide bonds. The van der Waals surface area contributed by atoms with E-state index >= 15 is 0 Å². The molecule has 0 bridgehead atoms. The minimum absolute atomic E-state index is 0.0447. The van der Waals surface area contributed by atoms with Gasteiger partial charge in [0.05, 0.1) is 17.0 Å². The van der Waals surface area contributed by atoms with Crippen LogP contribution in [0.1, 0.15) is 35.6 Å². The van der Waals surface area contributed by atoms with Crippen molar-refractivity contribution >= 4 is 5.78 Å². The topological polar surface area (TPSA) is 60.7 Å². The molecule has 0 aromatic carbocycles. The molecule has 18 heavy (non-hydrogen) atoms. The quantitative estimate of drug-likeness (QED) is 0.776. The molecule has 0 fully saturated rings. The van der Waals surface area contributed by atoms with E-state index in [0.29, 0.717) is 11.5 Å². The predicted molar refractivity (Wildman–Crippen MR) is 67.8 cm³/mol. The summed E-state index contributed by atoms with van der Waals surface area (Å²) < 4.78 is 1.62. The Hall–Kier alpha value is -2.04. The fraction of sp³-hybridized carbons (Fsp3) is 0.385. The molecule has 0 N–H and O–H groups in total. The minimum atomic E-state index is -0.0447. The number of hydrogen-bond acceptors (Lipinski definition) is 4. The molecule has 5 heteroatoms. The van der Waals surface area contributed by atoms with Gasteiger partial charge in [0.2, 0.25) is 0 Å². The van der Waals surface area contributed by atoms with E-state index in [-0.39, 0.29) is 11.7 Å². The SMILES string of the molecule is Cc1nn(-c2ncccn2)c(C)c1C(=O)C(C)C. The Morgan fingerprint density at radius 1 is 1.22 bits per heavy atom. The van der Waals surface area contributed by atoms with E-state index in [9.17, 15) is 4.79 Å². The van der Waals surface area contributed by atoms with E-state index in [2.05, 4.69) is 15.1 Å². The van der Waals surface area contributed by atoms with Crippen molar-refractivity contribution in [3.8, 4) is 5.95 Å². The average Bonchev–Trinajstić information content (AvgIpc) is 2.65. The maximum atomic E-state index is 12.1. The molecule has 0 aliphatic heterocycles. The van der Waals surface area contributed by atoms with Crippen molar-refractivity contribution in [2.45, 2.75) is 27.7 Å². The van der Waals surface area contributed by atoms with E-state index in [1.54, 1.807) is 23.1 Å². The molecular formula is C13H16N4O. The van der Waals surface area contributed by atoms with Crippen molar-refractivity contribution in [1.82, 2.24) is 19.7 Å². The Morgan fingerprint density at radius 2 is 1.83 bits per heavy atom. The predicted octanol–water partition coefficient (Wildman–Crippen LogP) is 2.12. The van der Waals surface area contributed by atoms with E-state index in [1.807, 2.05) is 27.7 Å². The lowest BCUT2D eigenvalue weighted by Crippen LogP contribution is -2.10. The van der Waals surface area contributed by atoms with Crippen molar-refractivity contribution in [2.24, 2.45) is 5.92 Å². The lowest BCUT2D eigenvalue weighted by atomic mass is 10.00. The second-order valence-electron chi connectivity index (χ2n) is 4.53. The van der Waals surface area contributed by atoms with E-state index in [0.717, 1.165) is 11.4 Å². The summed E-state index contributed by atoms with van der Waals surface area (Å²) in [6, 6.07) is 1.75. The first-order valence-corrected chi connectivity index (χ1v) is 5.90. The standard InChI is InChI=1S/C13H16N4O/c1-8(2)12(18)11-9(3)16-17(10(11)4)13-14-6-5-7-15-13/h5-8H,1-4H3. The van der Waals surface area contributed by atoms with Crippen LogP contribution in [0.2, 0.25) is 0 Å². The van der Waals surface area contributed by atoms with Gasteiger partial charge < -0.3 is 0 Å². The first-order valence-electron chi connectivity index (χ1n) is 5.90. The average molecular weight is 244 g/mol. The molecule has 0 saturated heterocycles. The number of nitrogens with zero attached hydrogens (tertiary/aromatic N) is 4. The first kappa shape index (κ1) is 12.4. The highest BCUT2D eigenvalue weighted by Crippen LogP contribution is 2.19. The molecule has 0 radical (unpaired) electrons. The molecule has 5 nitrogen and oxygen atoms in total. The van der Waals surface area contributed by atoms with Gasteiger partial charge in [-0.2, -0.15) is 5.10 Å². The second-order valence-corrected chi connectivity index (χ2v) is 4.53. The van der Waals surface area contributed by atoms with Crippen LogP contribution in [-0.4, -0.2) is 25.5 Å². The minimum Gasteiger partial charge on any atom is -0.294 e. The summed E-state index contributed by atoms with van der Waals surface area (Å²) >= 11 is 0. The number of carbonyl (C=O) groups excluding carboxylic acids is 1. The number of carbonyl (C=O) groups is 1. The van der Waals surface area contributed by atoms with Crippen LogP contribution in [0.15, 0.2) is 18.5 Å². The van der Waals surface area contributed by atoms with Gasteiger partial charge in [-0.25, -0.2) is 14.6 Å². The summed E-state index contributed by atoms with van der Waals surface area (Å²) in [5.74, 6) is 0.546. The third-order valence-electron chi connectivity index (χ3n) is 2.80. The Morgan fingerprint density at radius 3 is 2.39 bits per heavy atom. The highest BCUT2D eigenvalue weighted by atomic mass is 16.1. The van der Waals surface area contributed by atoms with Gasteiger partial charge in [0, 0.05) is 18.3 Å². The molecule has 0 aliphatic rings. The zero-order chi connectivity index (χ0) is 13.3. The van der Waals surface area contributed by atoms with Crippen LogP contribution in [0.3, 0.4) is 0 Å². The smallest absolute Gasteiger partial charge is 0.250 e. The van der Waals surface area contributed by atoms with E-state index < -0.39 is 0 Å². The van der Waals surface area contributed by atoms with Crippen LogP contribution in [0.4, 0.5) is 0 Å². The third kappa shape index (κ3) is 2.03. The molecule has 2 aromatic rings. The van der Waals surface area contributed by atoms with Gasteiger partial charge in [-0.1, -0.05) is 13.8 Å². The molecule has 0 aliphatic carbocycles. The summed E-state index contributed by atoms with van der Waals surface area (Å²) in [6.07, 6.45) is 3.31. The number of ketones is 1. The lowest BCUT2D eigenvalue weighted by molar-refractivity contribution is 0.0938. The van der Waals surface area contributed by atoms with Gasteiger partial charge in [0.1, 0.15) is 0 Å². The number of hydrogen-bond donors (Lipinski definition) is 0. The monoisotopic (exact) mass is 244 g/mol. The molecule has 94 valence electrons. The molecule has 0 atom stereocenters. The number of aryl methyl sites for hydroxylation is 1. The lowest BCUT2D eigenvalue weighted by Gasteiger charge is -2.05. The summed E-state index contributed by atoms with van der Waals surface area (Å²) in [7, 11) is 0. The van der Waals surface area contributed by atoms with Crippen molar-refractivity contribution in [3.63, 3.8) is 0 Å². The molecule has 2 aromatic heterocycles. The zero-order valence-electron chi connectivity index (χ0n) is 11.0. The summed E-state index contributed by atoms with van der Waals surface area (Å²) in [5.41, 5.74) is 2.19. The van der Waals surface area contributed by atoms with Crippen molar-refractivity contribution < 1.29 is 4.79 Å². The second kappa shape index (κ2) is 4.68. The fourth-order valence-electron chi connectivity index (χ4n) is 1.88. The Balaban J connectivity index is 2.54. The first-order chi connectivity index (χ1) is 8.52. The molecule has 0 unspecified atom stereocenters. The molecular weight excluding hydrogens is 228 g/mol. The zero-order valence-corrected chi connectivity index (χ0v) is 11.0. The van der Waals surface area contributed by atoms with Gasteiger partial charge in [-0.3, -0.25) is 4.79 Å². The van der Waals surface area contributed by atoms with Crippen molar-refractivity contribution in [1.29, 1.82) is 0 Å². The van der Waals surface area contributed by atoms with Crippen LogP contribution in [0.25, 0.3) is 5.95 Å². The molecule has 0 spiro atoms. The van der Waals surface area contributed by atoms with Crippen molar-refractivity contribution in [2.75, 3.05) is 0 Å². The Labute approximate surface area is 106 Å².